The number of nitrogens with one attached hydrogen (secondary N) is 1. The second-order valence-corrected chi connectivity index (χ2v) is 6.54. The molecule has 22 heavy (non-hydrogen) atoms. The zero-order chi connectivity index (χ0) is 15.8. The average molecular weight is 313 g/mol. The number of hydrogen-bond donors (Lipinski definition) is 1. The van der Waals surface area contributed by atoms with Gasteiger partial charge in [-0.25, -0.2) is 0 Å². The van der Waals surface area contributed by atoms with Crippen LogP contribution < -0.4 is 5.32 Å². The summed E-state index contributed by atoms with van der Waals surface area (Å²) in [5.41, 5.74) is 4.64. The van der Waals surface area contributed by atoms with Gasteiger partial charge in [-0.15, -0.1) is 0 Å². The van der Waals surface area contributed by atoms with E-state index in [-0.39, 0.29) is 5.91 Å². The fraction of sp³-hybridized carbons (Fsp3) is 0.316. The number of benzene rings is 2. The lowest BCUT2D eigenvalue weighted by Crippen LogP contribution is -2.15. The largest absolute Gasteiger partial charge is 0.325 e. The smallest absolute Gasteiger partial charge is 0.234 e. The summed E-state index contributed by atoms with van der Waals surface area (Å²) in [4.78, 5) is 12.0. The summed E-state index contributed by atoms with van der Waals surface area (Å²) in [6, 6.07) is 16.5. The Bertz CT molecular complexity index is 610. The maximum Gasteiger partial charge on any atom is 0.234 e. The lowest BCUT2D eigenvalue weighted by Gasteiger charge is -2.10. The van der Waals surface area contributed by atoms with Crippen LogP contribution >= 0.6 is 11.8 Å². The van der Waals surface area contributed by atoms with Crippen LogP contribution in [0, 0.1) is 13.8 Å². The monoisotopic (exact) mass is 313 g/mol. The molecule has 2 rings (SSSR count). The molecule has 0 saturated carbocycles. The molecule has 0 radical (unpaired) electrons. The molecule has 0 bridgehead atoms. The van der Waals surface area contributed by atoms with Crippen molar-refractivity contribution in [1.82, 2.24) is 0 Å². The van der Waals surface area contributed by atoms with Gasteiger partial charge in [-0.1, -0.05) is 42.5 Å². The van der Waals surface area contributed by atoms with E-state index in [1.54, 1.807) is 11.8 Å². The van der Waals surface area contributed by atoms with Crippen LogP contribution in [0.3, 0.4) is 0 Å². The molecule has 0 unspecified atom stereocenters. The molecule has 0 aliphatic heterocycles. The zero-order valence-electron chi connectivity index (χ0n) is 13.3. The molecular formula is C19H23NOS. The van der Waals surface area contributed by atoms with Crippen molar-refractivity contribution < 1.29 is 4.79 Å². The van der Waals surface area contributed by atoms with E-state index in [4.69, 9.17) is 0 Å². The maximum absolute atomic E-state index is 12.0. The van der Waals surface area contributed by atoms with Gasteiger partial charge in [-0.3, -0.25) is 4.79 Å². The Hall–Kier alpha value is -1.74. The Kier molecular flexibility index (Phi) is 6.53. The molecule has 0 saturated heterocycles. The van der Waals surface area contributed by atoms with E-state index in [1.165, 1.54) is 11.1 Å². The van der Waals surface area contributed by atoms with Gasteiger partial charge >= 0.3 is 0 Å². The first kappa shape index (κ1) is 16.6. The predicted octanol–water partition coefficient (Wildman–Crippen LogP) is 4.61. The van der Waals surface area contributed by atoms with Crippen molar-refractivity contribution in [2.75, 3.05) is 16.8 Å². The van der Waals surface area contributed by atoms with Crippen LogP contribution in [0.4, 0.5) is 5.69 Å². The first-order chi connectivity index (χ1) is 10.7. The number of aryl methyl sites for hydroxylation is 2. The molecule has 1 amide bonds. The molecule has 0 heterocycles. The SMILES string of the molecule is Cc1cccc(NC(=O)CSCCCc2ccccc2)c1C. The van der Waals surface area contributed by atoms with Crippen LogP contribution in [-0.2, 0) is 11.2 Å². The minimum absolute atomic E-state index is 0.0819. The van der Waals surface area contributed by atoms with Gasteiger partial charge < -0.3 is 5.32 Å². The van der Waals surface area contributed by atoms with Gasteiger partial charge in [0.1, 0.15) is 0 Å². The highest BCUT2D eigenvalue weighted by Gasteiger charge is 2.06. The van der Waals surface area contributed by atoms with Crippen LogP contribution in [-0.4, -0.2) is 17.4 Å². The minimum atomic E-state index is 0.0819. The topological polar surface area (TPSA) is 29.1 Å². The summed E-state index contributed by atoms with van der Waals surface area (Å²) in [6.45, 7) is 4.10. The molecule has 0 aromatic heterocycles. The molecule has 0 atom stereocenters. The molecule has 0 aliphatic rings. The van der Waals surface area contributed by atoms with Crippen molar-refractivity contribution >= 4 is 23.4 Å². The number of carbonyl (C=O) groups is 1. The Balaban J connectivity index is 1.67. The highest BCUT2D eigenvalue weighted by Crippen LogP contribution is 2.18. The van der Waals surface area contributed by atoms with Gasteiger partial charge in [-0.2, -0.15) is 11.8 Å². The van der Waals surface area contributed by atoms with Crippen LogP contribution in [0.15, 0.2) is 48.5 Å². The first-order valence-corrected chi connectivity index (χ1v) is 8.80. The van der Waals surface area contributed by atoms with Gasteiger partial charge in [-0.05, 0) is 55.2 Å². The van der Waals surface area contributed by atoms with Crippen molar-refractivity contribution in [3.8, 4) is 0 Å². The molecule has 0 aliphatic carbocycles. The zero-order valence-corrected chi connectivity index (χ0v) is 14.1. The van der Waals surface area contributed by atoms with E-state index in [1.807, 2.05) is 25.1 Å². The number of anilines is 1. The molecule has 2 nitrogen and oxygen atoms in total. The van der Waals surface area contributed by atoms with E-state index < -0.39 is 0 Å². The lowest BCUT2D eigenvalue weighted by atomic mass is 10.1. The third-order valence-corrected chi connectivity index (χ3v) is 4.75. The van der Waals surface area contributed by atoms with Crippen molar-refractivity contribution in [3.05, 3.63) is 65.2 Å². The van der Waals surface area contributed by atoms with Crippen LogP contribution in [0.25, 0.3) is 0 Å². The quantitative estimate of drug-likeness (QED) is 0.756. The van der Waals surface area contributed by atoms with Gasteiger partial charge in [0.25, 0.3) is 0 Å². The first-order valence-electron chi connectivity index (χ1n) is 7.64. The second kappa shape index (κ2) is 8.64. The molecule has 1 N–H and O–H groups in total. The summed E-state index contributed by atoms with van der Waals surface area (Å²) in [6.07, 6.45) is 2.18. The molecule has 2 aromatic rings. The third-order valence-electron chi connectivity index (χ3n) is 3.71. The normalized spacial score (nSPS) is 10.5. The van der Waals surface area contributed by atoms with Gasteiger partial charge in [0.05, 0.1) is 5.75 Å². The third kappa shape index (κ3) is 5.23. The number of thioether (sulfide) groups is 1. The fourth-order valence-electron chi connectivity index (χ4n) is 2.26. The van der Waals surface area contributed by atoms with Crippen molar-refractivity contribution in [3.63, 3.8) is 0 Å². The Morgan fingerprint density at radius 2 is 1.82 bits per heavy atom. The van der Waals surface area contributed by atoms with Crippen LogP contribution in [0.2, 0.25) is 0 Å². The van der Waals surface area contributed by atoms with Crippen molar-refractivity contribution in [2.24, 2.45) is 0 Å². The van der Waals surface area contributed by atoms with E-state index >= 15 is 0 Å². The number of rotatable bonds is 7. The average Bonchev–Trinajstić information content (AvgIpc) is 2.52. The van der Waals surface area contributed by atoms with E-state index in [2.05, 4.69) is 42.6 Å². The van der Waals surface area contributed by atoms with E-state index in [0.717, 1.165) is 29.8 Å². The summed E-state index contributed by atoms with van der Waals surface area (Å²) in [5, 5.41) is 3.00. The van der Waals surface area contributed by atoms with Gasteiger partial charge in [0, 0.05) is 5.69 Å². The molecule has 3 heteroatoms. The lowest BCUT2D eigenvalue weighted by molar-refractivity contribution is -0.113. The fourth-order valence-corrected chi connectivity index (χ4v) is 3.01. The second-order valence-electron chi connectivity index (χ2n) is 5.44. The maximum atomic E-state index is 12.0. The summed E-state index contributed by atoms with van der Waals surface area (Å²) in [7, 11) is 0. The molecular weight excluding hydrogens is 290 g/mol. The van der Waals surface area contributed by atoms with E-state index in [0.29, 0.717) is 5.75 Å². The number of carbonyl (C=O) groups excluding carboxylic acids is 1. The Morgan fingerprint density at radius 3 is 2.59 bits per heavy atom. The molecule has 0 fully saturated rings. The molecule has 116 valence electrons. The van der Waals surface area contributed by atoms with Crippen molar-refractivity contribution in [2.45, 2.75) is 26.7 Å². The highest BCUT2D eigenvalue weighted by atomic mass is 32.2. The minimum Gasteiger partial charge on any atom is -0.325 e. The standard InChI is InChI=1S/C19H23NOS/c1-15-8-6-12-18(16(15)2)20-19(21)14-22-13-7-11-17-9-4-3-5-10-17/h3-6,8-10,12H,7,11,13-14H2,1-2H3,(H,20,21). The van der Waals surface area contributed by atoms with E-state index in [9.17, 15) is 4.79 Å². The van der Waals surface area contributed by atoms with Crippen molar-refractivity contribution in [1.29, 1.82) is 0 Å². The Morgan fingerprint density at radius 1 is 1.05 bits per heavy atom. The van der Waals surface area contributed by atoms with Crippen LogP contribution in [0.1, 0.15) is 23.1 Å². The van der Waals surface area contributed by atoms with Crippen LogP contribution in [0.5, 0.6) is 0 Å². The number of hydrogen-bond acceptors (Lipinski definition) is 2. The summed E-state index contributed by atoms with van der Waals surface area (Å²) >= 11 is 1.70. The highest BCUT2D eigenvalue weighted by molar-refractivity contribution is 7.99. The molecule has 2 aromatic carbocycles. The van der Waals surface area contributed by atoms with Gasteiger partial charge in [0.15, 0.2) is 0 Å². The molecule has 0 spiro atoms. The van der Waals surface area contributed by atoms with Gasteiger partial charge in [0.2, 0.25) is 5.91 Å². The summed E-state index contributed by atoms with van der Waals surface area (Å²) < 4.78 is 0. The summed E-state index contributed by atoms with van der Waals surface area (Å²) in [5.74, 6) is 1.61. The number of amides is 1. The predicted molar refractivity (Wildman–Crippen MR) is 96.6 cm³/mol. The Labute approximate surface area is 137 Å².